The second-order valence-corrected chi connectivity index (χ2v) is 3.97. The van der Waals surface area contributed by atoms with E-state index in [-0.39, 0.29) is 0 Å². The zero-order valence-electron chi connectivity index (χ0n) is 6.20. The zero-order chi connectivity index (χ0) is 8.43. The van der Waals surface area contributed by atoms with Gasteiger partial charge in [-0.25, -0.2) is 0 Å². The molecule has 1 aliphatic rings. The second kappa shape index (κ2) is 3.67. The minimum absolute atomic E-state index is 0.534. The van der Waals surface area contributed by atoms with Gasteiger partial charge in [0.15, 0.2) is 0 Å². The van der Waals surface area contributed by atoms with Gasteiger partial charge in [0.25, 0.3) is 0 Å². The average Bonchev–Trinajstić information content (AvgIpc) is 2.10. The summed E-state index contributed by atoms with van der Waals surface area (Å²) in [6.45, 7) is 5.44. The number of hydrogen-bond acceptors (Lipinski definition) is 3. The number of hydrogen-bond donors (Lipinski definition) is 2. The maximum absolute atomic E-state index is 9.14. The lowest BCUT2D eigenvalue weighted by molar-refractivity contribution is 0.0572. The summed E-state index contributed by atoms with van der Waals surface area (Å²) in [4.78, 5) is 1.95. The van der Waals surface area contributed by atoms with Crippen LogP contribution in [0.3, 0.4) is 0 Å². The predicted molar refractivity (Wildman–Crippen MR) is 46.5 cm³/mol. The van der Waals surface area contributed by atoms with Crippen LogP contribution >= 0.6 is 15.9 Å². The van der Waals surface area contributed by atoms with Crippen molar-refractivity contribution in [3.63, 3.8) is 0 Å². The van der Waals surface area contributed by atoms with Crippen molar-refractivity contribution in [2.45, 2.75) is 12.2 Å². The summed E-state index contributed by atoms with van der Waals surface area (Å²) in [6, 6.07) is 0. The summed E-state index contributed by atoms with van der Waals surface area (Å²) in [5, 5.41) is 18.3. The minimum Gasteiger partial charge on any atom is -0.389 e. The molecular weight excluding hydrogens is 210 g/mol. The van der Waals surface area contributed by atoms with E-state index in [0.717, 1.165) is 4.48 Å². The molecule has 0 bridgehead atoms. The third-order valence-corrected chi connectivity index (χ3v) is 1.98. The van der Waals surface area contributed by atoms with Crippen molar-refractivity contribution in [3.05, 3.63) is 11.1 Å². The van der Waals surface area contributed by atoms with Gasteiger partial charge in [0.2, 0.25) is 0 Å². The molecule has 0 spiro atoms. The van der Waals surface area contributed by atoms with E-state index in [1.807, 2.05) is 4.90 Å². The van der Waals surface area contributed by atoms with Crippen LogP contribution in [-0.4, -0.2) is 47.0 Å². The molecule has 0 aromatic heterocycles. The van der Waals surface area contributed by atoms with E-state index in [1.165, 1.54) is 0 Å². The quantitative estimate of drug-likeness (QED) is 0.687. The molecule has 3 nitrogen and oxygen atoms in total. The van der Waals surface area contributed by atoms with Crippen molar-refractivity contribution in [1.29, 1.82) is 0 Å². The molecule has 0 saturated carbocycles. The summed E-state index contributed by atoms with van der Waals surface area (Å²) in [7, 11) is 0. The van der Waals surface area contributed by atoms with E-state index in [9.17, 15) is 0 Å². The maximum atomic E-state index is 9.14. The van der Waals surface area contributed by atoms with Gasteiger partial charge in [-0.3, -0.25) is 4.90 Å². The first kappa shape index (κ1) is 9.19. The molecule has 1 rings (SSSR count). The van der Waals surface area contributed by atoms with Gasteiger partial charge in [0.05, 0.1) is 12.2 Å². The predicted octanol–water partition coefficient (Wildman–Crippen LogP) is -0.0676. The largest absolute Gasteiger partial charge is 0.389 e. The fourth-order valence-corrected chi connectivity index (χ4v) is 1.57. The highest BCUT2D eigenvalue weighted by Crippen LogP contribution is 2.13. The van der Waals surface area contributed by atoms with E-state index in [0.29, 0.717) is 19.6 Å². The van der Waals surface area contributed by atoms with Crippen LogP contribution in [-0.2, 0) is 0 Å². The SMILES string of the molecule is C=C(Br)CN1C[C@@H](O)[C@@H](O)C1. The highest BCUT2D eigenvalue weighted by molar-refractivity contribution is 9.11. The molecular formula is C7H12BrNO2. The van der Waals surface area contributed by atoms with Crippen molar-refractivity contribution in [2.75, 3.05) is 19.6 Å². The molecule has 0 unspecified atom stereocenters. The van der Waals surface area contributed by atoms with E-state index in [4.69, 9.17) is 10.2 Å². The van der Waals surface area contributed by atoms with Crippen LogP contribution in [0.15, 0.2) is 11.1 Å². The number of aliphatic hydroxyl groups is 2. The van der Waals surface area contributed by atoms with E-state index < -0.39 is 12.2 Å². The molecule has 64 valence electrons. The fraction of sp³-hybridized carbons (Fsp3) is 0.714. The summed E-state index contributed by atoms with van der Waals surface area (Å²) in [6.07, 6.45) is -1.19. The van der Waals surface area contributed by atoms with Gasteiger partial charge in [0, 0.05) is 24.1 Å². The molecule has 0 aromatic rings. The van der Waals surface area contributed by atoms with Crippen LogP contribution in [0.1, 0.15) is 0 Å². The Kier molecular flexibility index (Phi) is 3.06. The summed E-state index contributed by atoms with van der Waals surface area (Å²) in [5.74, 6) is 0. The van der Waals surface area contributed by atoms with Gasteiger partial charge >= 0.3 is 0 Å². The van der Waals surface area contributed by atoms with Gasteiger partial charge in [0.1, 0.15) is 0 Å². The van der Waals surface area contributed by atoms with Crippen molar-refractivity contribution in [2.24, 2.45) is 0 Å². The molecule has 0 aromatic carbocycles. The Morgan fingerprint density at radius 1 is 1.45 bits per heavy atom. The highest BCUT2D eigenvalue weighted by atomic mass is 79.9. The first-order valence-corrected chi connectivity index (χ1v) is 4.30. The fourth-order valence-electron chi connectivity index (χ4n) is 1.22. The third kappa shape index (κ3) is 2.56. The Hall–Kier alpha value is 0.1000. The standard InChI is InChI=1S/C7H12BrNO2/c1-5(8)2-9-3-6(10)7(11)4-9/h6-7,10-11H,1-4H2/t6-,7+. The molecule has 1 fully saturated rings. The minimum atomic E-state index is -0.596. The Morgan fingerprint density at radius 3 is 2.27 bits per heavy atom. The Balaban J connectivity index is 2.35. The van der Waals surface area contributed by atoms with Gasteiger partial charge in [-0.2, -0.15) is 0 Å². The number of halogens is 1. The molecule has 0 amide bonds. The smallest absolute Gasteiger partial charge is 0.0938 e. The average molecular weight is 222 g/mol. The van der Waals surface area contributed by atoms with Crippen LogP contribution in [0.5, 0.6) is 0 Å². The molecule has 2 atom stereocenters. The van der Waals surface area contributed by atoms with Crippen molar-refractivity contribution in [3.8, 4) is 0 Å². The molecule has 1 aliphatic heterocycles. The first-order valence-electron chi connectivity index (χ1n) is 3.51. The molecule has 4 heteroatoms. The molecule has 0 aliphatic carbocycles. The van der Waals surface area contributed by atoms with Crippen molar-refractivity contribution in [1.82, 2.24) is 4.90 Å². The Labute approximate surface area is 74.4 Å². The zero-order valence-corrected chi connectivity index (χ0v) is 7.79. The van der Waals surface area contributed by atoms with Crippen LogP contribution in [0.4, 0.5) is 0 Å². The lowest BCUT2D eigenvalue weighted by Gasteiger charge is -2.12. The molecule has 2 N–H and O–H groups in total. The molecule has 11 heavy (non-hydrogen) atoms. The Morgan fingerprint density at radius 2 is 1.91 bits per heavy atom. The van der Waals surface area contributed by atoms with Crippen molar-refractivity contribution < 1.29 is 10.2 Å². The molecule has 1 heterocycles. The number of aliphatic hydroxyl groups excluding tert-OH is 2. The van der Waals surface area contributed by atoms with Gasteiger partial charge in [-0.05, 0) is 0 Å². The third-order valence-electron chi connectivity index (χ3n) is 1.73. The highest BCUT2D eigenvalue weighted by Gasteiger charge is 2.28. The molecule has 1 saturated heterocycles. The number of β-amino-alcohol motifs (C(OH)–C–C–N with tert-alkyl or cyclic N) is 2. The topological polar surface area (TPSA) is 43.7 Å². The van der Waals surface area contributed by atoms with E-state index >= 15 is 0 Å². The van der Waals surface area contributed by atoms with Gasteiger partial charge < -0.3 is 10.2 Å². The summed E-state index contributed by atoms with van der Waals surface area (Å²) >= 11 is 3.22. The number of likely N-dealkylation sites (tertiary alicyclic amines) is 1. The summed E-state index contributed by atoms with van der Waals surface area (Å²) in [5.41, 5.74) is 0. The first-order chi connectivity index (χ1) is 5.09. The van der Waals surface area contributed by atoms with Crippen LogP contribution < -0.4 is 0 Å². The van der Waals surface area contributed by atoms with Crippen molar-refractivity contribution >= 4 is 15.9 Å². The lowest BCUT2D eigenvalue weighted by Crippen LogP contribution is -2.22. The summed E-state index contributed by atoms with van der Waals surface area (Å²) < 4.78 is 0.874. The van der Waals surface area contributed by atoms with E-state index in [1.54, 1.807) is 0 Å². The normalized spacial score (nSPS) is 32.6. The van der Waals surface area contributed by atoms with E-state index in [2.05, 4.69) is 22.5 Å². The number of rotatable bonds is 2. The van der Waals surface area contributed by atoms with Crippen LogP contribution in [0, 0.1) is 0 Å². The van der Waals surface area contributed by atoms with Gasteiger partial charge in [-0.15, -0.1) is 0 Å². The monoisotopic (exact) mass is 221 g/mol. The Bertz CT molecular complexity index is 153. The lowest BCUT2D eigenvalue weighted by atomic mass is 10.3. The molecule has 0 radical (unpaired) electrons. The number of nitrogens with zero attached hydrogens (tertiary/aromatic N) is 1. The van der Waals surface area contributed by atoms with Crippen LogP contribution in [0.2, 0.25) is 0 Å². The second-order valence-electron chi connectivity index (χ2n) is 2.85. The maximum Gasteiger partial charge on any atom is 0.0938 e. The van der Waals surface area contributed by atoms with Crippen LogP contribution in [0.25, 0.3) is 0 Å². The van der Waals surface area contributed by atoms with Gasteiger partial charge in [-0.1, -0.05) is 22.5 Å².